The van der Waals surface area contributed by atoms with E-state index >= 15 is 0 Å². The normalized spacial score (nSPS) is 13.6. The second kappa shape index (κ2) is 6.71. The fourth-order valence-electron chi connectivity index (χ4n) is 2.21. The molecule has 0 aromatic carbocycles. The summed E-state index contributed by atoms with van der Waals surface area (Å²) in [7, 11) is 2.05. The number of thiazole rings is 1. The van der Waals surface area contributed by atoms with Gasteiger partial charge in [-0.2, -0.15) is 0 Å². The van der Waals surface area contributed by atoms with Gasteiger partial charge in [-0.3, -0.25) is 0 Å². The topological polar surface area (TPSA) is 42.7 Å². The molecule has 2 aromatic heterocycles. The molecule has 0 aliphatic rings. The van der Waals surface area contributed by atoms with Crippen LogP contribution < -0.4 is 5.32 Å². The van der Waals surface area contributed by atoms with Gasteiger partial charge >= 0.3 is 0 Å². The number of nitrogens with zero attached hydrogens (tertiary/aromatic N) is 3. The van der Waals surface area contributed by atoms with Gasteiger partial charge in [0, 0.05) is 36.7 Å². The predicted octanol–water partition coefficient (Wildman–Crippen LogP) is 3.46. The zero-order chi connectivity index (χ0) is 15.5. The molecule has 116 valence electrons. The Morgan fingerprint density at radius 1 is 1.38 bits per heavy atom. The van der Waals surface area contributed by atoms with E-state index in [0.29, 0.717) is 0 Å². The van der Waals surface area contributed by atoms with Crippen LogP contribution in [0, 0.1) is 0 Å². The smallest absolute Gasteiger partial charge is 0.126 e. The Kier molecular flexibility index (Phi) is 5.17. The highest BCUT2D eigenvalue weighted by atomic mass is 32.1. The SMILES string of the molecule is CCCNC(Cc1nc(C(C)(C)C)cs1)c1nccn1C. The van der Waals surface area contributed by atoms with Gasteiger partial charge in [0.25, 0.3) is 0 Å². The van der Waals surface area contributed by atoms with Gasteiger partial charge in [-0.15, -0.1) is 11.3 Å². The number of imidazole rings is 1. The van der Waals surface area contributed by atoms with Crippen LogP contribution in [0.4, 0.5) is 0 Å². The maximum Gasteiger partial charge on any atom is 0.126 e. The Morgan fingerprint density at radius 2 is 2.14 bits per heavy atom. The zero-order valence-electron chi connectivity index (χ0n) is 13.7. The molecule has 21 heavy (non-hydrogen) atoms. The molecular formula is C16H26N4S. The lowest BCUT2D eigenvalue weighted by Gasteiger charge is -2.17. The molecule has 0 saturated carbocycles. The van der Waals surface area contributed by atoms with Gasteiger partial charge in [-0.25, -0.2) is 9.97 Å². The van der Waals surface area contributed by atoms with Gasteiger partial charge in [-0.1, -0.05) is 27.7 Å². The summed E-state index contributed by atoms with van der Waals surface area (Å²) in [6, 6.07) is 0.226. The molecule has 0 aliphatic heterocycles. The number of hydrogen-bond donors (Lipinski definition) is 1. The van der Waals surface area contributed by atoms with Crippen molar-refractivity contribution in [2.75, 3.05) is 6.54 Å². The molecule has 0 fully saturated rings. The van der Waals surface area contributed by atoms with Crippen molar-refractivity contribution in [3.8, 4) is 0 Å². The summed E-state index contributed by atoms with van der Waals surface area (Å²) in [5, 5.41) is 6.95. The van der Waals surface area contributed by atoms with E-state index in [0.717, 1.165) is 25.2 Å². The minimum Gasteiger partial charge on any atom is -0.337 e. The lowest BCUT2D eigenvalue weighted by molar-refractivity contribution is 0.488. The highest BCUT2D eigenvalue weighted by molar-refractivity contribution is 7.09. The summed E-state index contributed by atoms with van der Waals surface area (Å²) in [5.41, 5.74) is 1.29. The summed E-state index contributed by atoms with van der Waals surface area (Å²) in [4.78, 5) is 9.31. The van der Waals surface area contributed by atoms with E-state index in [1.807, 2.05) is 19.4 Å². The second-order valence-corrected chi connectivity index (χ2v) is 7.43. The third-order valence-electron chi connectivity index (χ3n) is 3.51. The fourth-order valence-corrected chi connectivity index (χ4v) is 3.28. The molecule has 5 heteroatoms. The fraction of sp³-hybridized carbons (Fsp3) is 0.625. The van der Waals surface area contributed by atoms with E-state index in [-0.39, 0.29) is 11.5 Å². The van der Waals surface area contributed by atoms with Gasteiger partial charge < -0.3 is 9.88 Å². The van der Waals surface area contributed by atoms with Crippen LogP contribution in [-0.4, -0.2) is 21.1 Å². The van der Waals surface area contributed by atoms with Gasteiger partial charge in [0.05, 0.1) is 16.7 Å². The van der Waals surface area contributed by atoms with Crippen LogP contribution in [0.3, 0.4) is 0 Å². The Morgan fingerprint density at radius 3 is 2.67 bits per heavy atom. The Balaban J connectivity index is 2.15. The Bertz CT molecular complexity index is 565. The second-order valence-electron chi connectivity index (χ2n) is 6.48. The molecule has 2 heterocycles. The van der Waals surface area contributed by atoms with Crippen molar-refractivity contribution in [1.29, 1.82) is 0 Å². The maximum absolute atomic E-state index is 4.81. The summed E-state index contributed by atoms with van der Waals surface area (Å²) in [6.45, 7) is 9.80. The van der Waals surface area contributed by atoms with Crippen LogP contribution in [-0.2, 0) is 18.9 Å². The van der Waals surface area contributed by atoms with Crippen molar-refractivity contribution in [3.05, 3.63) is 34.3 Å². The molecule has 2 aromatic rings. The lowest BCUT2D eigenvalue weighted by atomic mass is 9.93. The molecule has 0 radical (unpaired) electrons. The van der Waals surface area contributed by atoms with Gasteiger partial charge in [0.15, 0.2) is 0 Å². The maximum atomic E-state index is 4.81. The van der Waals surface area contributed by atoms with E-state index < -0.39 is 0 Å². The van der Waals surface area contributed by atoms with E-state index in [1.54, 1.807) is 11.3 Å². The monoisotopic (exact) mass is 306 g/mol. The lowest BCUT2D eigenvalue weighted by Crippen LogP contribution is -2.26. The van der Waals surface area contributed by atoms with Crippen molar-refractivity contribution in [2.45, 2.75) is 52.0 Å². The molecule has 0 bridgehead atoms. The largest absolute Gasteiger partial charge is 0.337 e. The third-order valence-corrected chi connectivity index (χ3v) is 4.38. The zero-order valence-corrected chi connectivity index (χ0v) is 14.5. The van der Waals surface area contributed by atoms with Crippen LogP contribution >= 0.6 is 11.3 Å². The van der Waals surface area contributed by atoms with Crippen LogP contribution in [0.15, 0.2) is 17.8 Å². The number of nitrogens with one attached hydrogen (secondary N) is 1. The standard InChI is InChI=1S/C16H26N4S/c1-6-7-17-12(15-18-8-9-20(15)5)10-14-19-13(11-21-14)16(2,3)4/h8-9,11-12,17H,6-7,10H2,1-5H3. The number of hydrogen-bond acceptors (Lipinski definition) is 4. The number of aryl methyl sites for hydroxylation is 1. The van der Waals surface area contributed by atoms with Crippen molar-refractivity contribution in [1.82, 2.24) is 19.9 Å². The quantitative estimate of drug-likeness (QED) is 0.889. The number of rotatable bonds is 6. The molecule has 0 saturated heterocycles. The van der Waals surface area contributed by atoms with E-state index in [1.165, 1.54) is 10.7 Å². The molecule has 0 spiro atoms. The van der Waals surface area contributed by atoms with Crippen molar-refractivity contribution < 1.29 is 0 Å². The van der Waals surface area contributed by atoms with Gasteiger partial charge in [0.1, 0.15) is 5.82 Å². The molecule has 1 atom stereocenters. The van der Waals surface area contributed by atoms with Gasteiger partial charge in [0.2, 0.25) is 0 Å². The van der Waals surface area contributed by atoms with Crippen LogP contribution in [0.25, 0.3) is 0 Å². The Labute approximate surface area is 131 Å². The molecule has 4 nitrogen and oxygen atoms in total. The first-order chi connectivity index (χ1) is 9.91. The van der Waals surface area contributed by atoms with E-state index in [2.05, 4.69) is 47.9 Å². The van der Waals surface area contributed by atoms with Crippen LogP contribution in [0.2, 0.25) is 0 Å². The van der Waals surface area contributed by atoms with E-state index in [9.17, 15) is 0 Å². The van der Waals surface area contributed by atoms with Crippen LogP contribution in [0.1, 0.15) is 56.7 Å². The minimum absolute atomic E-state index is 0.115. The van der Waals surface area contributed by atoms with Crippen molar-refractivity contribution in [3.63, 3.8) is 0 Å². The average Bonchev–Trinajstić information content (AvgIpc) is 3.02. The number of aromatic nitrogens is 3. The first-order valence-electron chi connectivity index (χ1n) is 7.57. The minimum atomic E-state index is 0.115. The molecule has 1 unspecified atom stereocenters. The average molecular weight is 306 g/mol. The first-order valence-corrected chi connectivity index (χ1v) is 8.45. The molecule has 1 N–H and O–H groups in total. The highest BCUT2D eigenvalue weighted by Gasteiger charge is 2.21. The first kappa shape index (κ1) is 16.2. The van der Waals surface area contributed by atoms with Gasteiger partial charge in [-0.05, 0) is 13.0 Å². The van der Waals surface area contributed by atoms with Crippen molar-refractivity contribution in [2.24, 2.45) is 7.05 Å². The third kappa shape index (κ3) is 4.14. The van der Waals surface area contributed by atoms with Crippen molar-refractivity contribution >= 4 is 11.3 Å². The molecular weight excluding hydrogens is 280 g/mol. The molecule has 2 rings (SSSR count). The molecule has 0 aliphatic carbocycles. The highest BCUT2D eigenvalue weighted by Crippen LogP contribution is 2.26. The summed E-state index contributed by atoms with van der Waals surface area (Å²) in [5.74, 6) is 1.08. The molecule has 0 amide bonds. The predicted molar refractivity (Wildman–Crippen MR) is 88.8 cm³/mol. The summed E-state index contributed by atoms with van der Waals surface area (Å²) >= 11 is 1.75. The summed E-state index contributed by atoms with van der Waals surface area (Å²) < 4.78 is 2.09. The Hall–Kier alpha value is -1.20. The summed E-state index contributed by atoms with van der Waals surface area (Å²) in [6.07, 6.45) is 5.87. The van der Waals surface area contributed by atoms with Crippen LogP contribution in [0.5, 0.6) is 0 Å². The van der Waals surface area contributed by atoms with E-state index in [4.69, 9.17) is 4.98 Å².